The number of hydrogen-bond donors (Lipinski definition) is 1. The van der Waals surface area contributed by atoms with Crippen molar-refractivity contribution in [2.24, 2.45) is 0 Å². The molecule has 1 amide bonds. The lowest BCUT2D eigenvalue weighted by atomic mass is 10.0. The summed E-state index contributed by atoms with van der Waals surface area (Å²) >= 11 is 0. The number of nitrogen functional groups attached to an aromatic ring is 1. The molecule has 0 aliphatic carbocycles. The molecule has 0 saturated carbocycles. The van der Waals surface area contributed by atoms with Crippen molar-refractivity contribution in [2.75, 3.05) is 18.9 Å². The van der Waals surface area contributed by atoms with Gasteiger partial charge in [-0.05, 0) is 38.3 Å². The summed E-state index contributed by atoms with van der Waals surface area (Å²) in [6.45, 7) is 3.03. The Bertz CT molecular complexity index is 420. The van der Waals surface area contributed by atoms with Crippen LogP contribution in [0, 0.1) is 0 Å². The highest BCUT2D eigenvalue weighted by atomic mass is 16.5. The van der Waals surface area contributed by atoms with Gasteiger partial charge in [0.1, 0.15) is 5.75 Å². The van der Waals surface area contributed by atoms with Gasteiger partial charge in [0.2, 0.25) is 0 Å². The van der Waals surface area contributed by atoms with Crippen molar-refractivity contribution in [3.63, 3.8) is 0 Å². The van der Waals surface area contributed by atoms with E-state index in [2.05, 4.69) is 6.92 Å². The van der Waals surface area contributed by atoms with Gasteiger partial charge < -0.3 is 15.4 Å². The minimum atomic E-state index is 0.0598. The predicted octanol–water partition coefficient (Wildman–Crippen LogP) is 2.05. The van der Waals surface area contributed by atoms with Crippen LogP contribution >= 0.6 is 0 Å². The van der Waals surface area contributed by atoms with Crippen LogP contribution in [0.2, 0.25) is 0 Å². The second kappa shape index (κ2) is 5.76. The first-order valence-electron chi connectivity index (χ1n) is 6.44. The van der Waals surface area contributed by atoms with Crippen LogP contribution in [0.4, 0.5) is 5.69 Å². The quantitative estimate of drug-likeness (QED) is 0.833. The third-order valence-corrected chi connectivity index (χ3v) is 3.34. The lowest BCUT2D eigenvalue weighted by molar-refractivity contribution is -0.136. The summed E-state index contributed by atoms with van der Waals surface area (Å²) in [4.78, 5) is 13.9. The summed E-state index contributed by atoms with van der Waals surface area (Å²) in [5, 5.41) is 0. The Labute approximate surface area is 108 Å². The van der Waals surface area contributed by atoms with Crippen LogP contribution < -0.4 is 10.5 Å². The van der Waals surface area contributed by atoms with Crippen LogP contribution in [0.5, 0.6) is 5.75 Å². The molecular formula is C14H20N2O2. The lowest BCUT2D eigenvalue weighted by Crippen LogP contribution is -2.44. The van der Waals surface area contributed by atoms with E-state index in [1.807, 2.05) is 17.0 Å². The molecule has 1 aromatic carbocycles. The Hall–Kier alpha value is -1.71. The largest absolute Gasteiger partial charge is 0.484 e. The van der Waals surface area contributed by atoms with Crippen molar-refractivity contribution in [3.05, 3.63) is 24.3 Å². The van der Waals surface area contributed by atoms with Crippen LogP contribution in [0.3, 0.4) is 0 Å². The zero-order valence-corrected chi connectivity index (χ0v) is 10.8. The fourth-order valence-corrected chi connectivity index (χ4v) is 2.30. The second-order valence-corrected chi connectivity index (χ2v) is 4.79. The summed E-state index contributed by atoms with van der Waals surface area (Å²) in [6, 6.07) is 7.48. The number of anilines is 1. The van der Waals surface area contributed by atoms with E-state index in [4.69, 9.17) is 10.5 Å². The molecule has 18 heavy (non-hydrogen) atoms. The Morgan fingerprint density at radius 3 is 3.06 bits per heavy atom. The molecule has 2 N–H and O–H groups in total. The normalized spacial score (nSPS) is 19.6. The van der Waals surface area contributed by atoms with Crippen LogP contribution in [-0.2, 0) is 4.79 Å². The number of nitrogens with two attached hydrogens (primary N) is 1. The molecule has 0 radical (unpaired) electrons. The molecule has 1 saturated heterocycles. The highest BCUT2D eigenvalue weighted by Gasteiger charge is 2.23. The van der Waals surface area contributed by atoms with E-state index in [0.717, 1.165) is 19.4 Å². The van der Waals surface area contributed by atoms with Crippen LogP contribution in [0.25, 0.3) is 0 Å². The molecule has 1 aliphatic rings. The van der Waals surface area contributed by atoms with Gasteiger partial charge in [0.05, 0.1) is 0 Å². The minimum Gasteiger partial charge on any atom is -0.484 e. The van der Waals surface area contributed by atoms with E-state index in [-0.39, 0.29) is 12.5 Å². The summed E-state index contributed by atoms with van der Waals surface area (Å²) in [7, 11) is 0. The number of nitrogens with zero attached hydrogens (tertiary/aromatic N) is 1. The van der Waals surface area contributed by atoms with Crippen molar-refractivity contribution in [3.8, 4) is 5.75 Å². The number of amides is 1. The first-order chi connectivity index (χ1) is 8.66. The lowest BCUT2D eigenvalue weighted by Gasteiger charge is -2.33. The number of benzene rings is 1. The molecule has 0 bridgehead atoms. The van der Waals surface area contributed by atoms with Gasteiger partial charge in [0, 0.05) is 24.3 Å². The fourth-order valence-electron chi connectivity index (χ4n) is 2.30. The molecule has 1 aliphatic heterocycles. The Kier molecular flexibility index (Phi) is 4.07. The maximum Gasteiger partial charge on any atom is 0.260 e. The number of hydrogen-bond acceptors (Lipinski definition) is 3. The maximum atomic E-state index is 12.0. The maximum absolute atomic E-state index is 12.0. The van der Waals surface area contributed by atoms with Crippen molar-refractivity contribution in [1.29, 1.82) is 0 Å². The number of carbonyl (C=O) groups is 1. The van der Waals surface area contributed by atoms with Gasteiger partial charge in [-0.2, -0.15) is 0 Å². The first-order valence-corrected chi connectivity index (χ1v) is 6.44. The molecule has 2 rings (SSSR count). The van der Waals surface area contributed by atoms with E-state index in [0.29, 0.717) is 17.5 Å². The predicted molar refractivity (Wildman–Crippen MR) is 71.4 cm³/mol. The van der Waals surface area contributed by atoms with Crippen LogP contribution in [0.1, 0.15) is 26.2 Å². The third kappa shape index (κ3) is 3.15. The molecule has 1 fully saturated rings. The van der Waals surface area contributed by atoms with Gasteiger partial charge in [-0.3, -0.25) is 4.79 Å². The Morgan fingerprint density at radius 2 is 2.33 bits per heavy atom. The van der Waals surface area contributed by atoms with Gasteiger partial charge in [0.15, 0.2) is 6.61 Å². The molecular weight excluding hydrogens is 228 g/mol. The average molecular weight is 248 g/mol. The van der Waals surface area contributed by atoms with Gasteiger partial charge in [-0.1, -0.05) is 6.07 Å². The number of rotatable bonds is 3. The SMILES string of the molecule is CC1CCCCN1C(=O)COc1cccc(N)c1. The van der Waals surface area contributed by atoms with Crippen LogP contribution in [0.15, 0.2) is 24.3 Å². The molecule has 1 heterocycles. The highest BCUT2D eigenvalue weighted by Crippen LogP contribution is 2.18. The smallest absolute Gasteiger partial charge is 0.260 e. The van der Waals surface area contributed by atoms with E-state index in [9.17, 15) is 4.79 Å². The summed E-state index contributed by atoms with van der Waals surface area (Å²) in [5.74, 6) is 0.706. The van der Waals surface area contributed by atoms with E-state index < -0.39 is 0 Å². The first kappa shape index (κ1) is 12.7. The fraction of sp³-hybridized carbons (Fsp3) is 0.500. The monoisotopic (exact) mass is 248 g/mol. The molecule has 4 heteroatoms. The van der Waals surface area contributed by atoms with Crippen molar-refractivity contribution < 1.29 is 9.53 Å². The molecule has 1 atom stereocenters. The van der Waals surface area contributed by atoms with E-state index >= 15 is 0 Å². The van der Waals surface area contributed by atoms with Gasteiger partial charge in [0.25, 0.3) is 5.91 Å². The van der Waals surface area contributed by atoms with Gasteiger partial charge in [-0.25, -0.2) is 0 Å². The molecule has 1 unspecified atom stereocenters. The molecule has 4 nitrogen and oxygen atoms in total. The standard InChI is InChI=1S/C14H20N2O2/c1-11-5-2-3-8-16(11)14(17)10-18-13-7-4-6-12(15)9-13/h4,6-7,9,11H,2-3,5,8,10,15H2,1H3. The molecule has 1 aromatic rings. The van der Waals surface area contributed by atoms with E-state index in [1.54, 1.807) is 12.1 Å². The van der Waals surface area contributed by atoms with Gasteiger partial charge >= 0.3 is 0 Å². The summed E-state index contributed by atoms with van der Waals surface area (Å²) < 4.78 is 5.48. The number of carbonyl (C=O) groups excluding carboxylic acids is 1. The number of piperidine rings is 1. The number of likely N-dealkylation sites (tertiary alicyclic amines) is 1. The molecule has 98 valence electrons. The average Bonchev–Trinajstić information content (AvgIpc) is 2.37. The Morgan fingerprint density at radius 1 is 1.50 bits per heavy atom. The topological polar surface area (TPSA) is 55.6 Å². The minimum absolute atomic E-state index is 0.0598. The zero-order valence-electron chi connectivity index (χ0n) is 10.8. The van der Waals surface area contributed by atoms with Crippen molar-refractivity contribution in [2.45, 2.75) is 32.2 Å². The zero-order chi connectivity index (χ0) is 13.0. The Balaban J connectivity index is 1.88. The highest BCUT2D eigenvalue weighted by molar-refractivity contribution is 5.78. The summed E-state index contributed by atoms with van der Waals surface area (Å²) in [6.07, 6.45) is 3.39. The number of ether oxygens (including phenoxy) is 1. The van der Waals surface area contributed by atoms with E-state index in [1.165, 1.54) is 6.42 Å². The van der Waals surface area contributed by atoms with Crippen molar-refractivity contribution in [1.82, 2.24) is 4.90 Å². The van der Waals surface area contributed by atoms with Crippen molar-refractivity contribution >= 4 is 11.6 Å². The van der Waals surface area contributed by atoms with Gasteiger partial charge in [-0.15, -0.1) is 0 Å². The van der Waals surface area contributed by atoms with Crippen LogP contribution in [-0.4, -0.2) is 30.0 Å². The third-order valence-electron chi connectivity index (χ3n) is 3.34. The second-order valence-electron chi connectivity index (χ2n) is 4.79. The summed E-state index contributed by atoms with van der Waals surface area (Å²) in [5.41, 5.74) is 6.30. The molecule has 0 aromatic heterocycles. The molecule has 0 spiro atoms.